The first-order chi connectivity index (χ1) is 9.07. The Balaban J connectivity index is 3.29. The lowest BCUT2D eigenvalue weighted by Gasteiger charge is -2.11. The van der Waals surface area contributed by atoms with Crippen LogP contribution in [0.5, 0.6) is 0 Å². The summed E-state index contributed by atoms with van der Waals surface area (Å²) < 4.78 is 5.22. The van der Waals surface area contributed by atoms with E-state index in [1.807, 2.05) is 0 Å². The van der Waals surface area contributed by atoms with Crippen molar-refractivity contribution in [2.24, 2.45) is 0 Å². The van der Waals surface area contributed by atoms with Crippen LogP contribution in [0, 0.1) is 0 Å². The van der Waals surface area contributed by atoms with E-state index in [0.29, 0.717) is 5.57 Å². The summed E-state index contributed by atoms with van der Waals surface area (Å²) in [5, 5.41) is 0. The van der Waals surface area contributed by atoms with Crippen LogP contribution in [0.15, 0.2) is 12.2 Å². The maximum Gasteiger partial charge on any atom is 0.334 e. The molecule has 0 N–H and O–H groups in total. The second-order valence-corrected chi connectivity index (χ2v) is 6.60. The Labute approximate surface area is 132 Å². The Morgan fingerprint density at radius 2 is 1.53 bits per heavy atom. The molecule has 0 spiro atoms. The van der Waals surface area contributed by atoms with Gasteiger partial charge in [0.1, 0.15) is 0 Å². The van der Waals surface area contributed by atoms with E-state index in [2.05, 4.69) is 36.1 Å². The standard InChI is InChI=1S/C16H29IO2/c1-4-5-6-7-8-9-10-11-12-13-15(17)19-16(18)14(2)3/h15H,2,4-13H2,1,3H3. The third-order valence-electron chi connectivity index (χ3n) is 3.12. The predicted octanol–water partition coefficient (Wildman–Crippen LogP) is 5.79. The van der Waals surface area contributed by atoms with Gasteiger partial charge in [0.05, 0.1) is 0 Å². The number of esters is 1. The fourth-order valence-corrected chi connectivity index (χ4v) is 2.56. The number of hydrogen-bond donors (Lipinski definition) is 0. The molecule has 0 amide bonds. The van der Waals surface area contributed by atoms with Gasteiger partial charge < -0.3 is 4.74 Å². The summed E-state index contributed by atoms with van der Waals surface area (Å²) >= 11 is 2.19. The summed E-state index contributed by atoms with van der Waals surface area (Å²) in [6, 6.07) is 0. The van der Waals surface area contributed by atoms with E-state index in [4.69, 9.17) is 4.74 Å². The van der Waals surface area contributed by atoms with Gasteiger partial charge in [-0.1, -0.05) is 64.9 Å². The summed E-state index contributed by atoms with van der Waals surface area (Å²) in [7, 11) is 0. The minimum absolute atomic E-state index is 0.00801. The van der Waals surface area contributed by atoms with Gasteiger partial charge in [0.25, 0.3) is 0 Å². The maximum absolute atomic E-state index is 11.3. The van der Waals surface area contributed by atoms with Crippen molar-refractivity contribution in [3.8, 4) is 0 Å². The van der Waals surface area contributed by atoms with Gasteiger partial charge >= 0.3 is 5.97 Å². The minimum Gasteiger partial charge on any atom is -0.448 e. The molecule has 0 aliphatic heterocycles. The van der Waals surface area contributed by atoms with E-state index in [-0.39, 0.29) is 10.1 Å². The molecule has 0 aromatic carbocycles. The van der Waals surface area contributed by atoms with Crippen LogP contribution in [0.2, 0.25) is 0 Å². The Morgan fingerprint density at radius 1 is 1.05 bits per heavy atom. The lowest BCUT2D eigenvalue weighted by molar-refractivity contribution is -0.139. The smallest absolute Gasteiger partial charge is 0.334 e. The number of carbonyl (C=O) groups excluding carboxylic acids is 1. The third kappa shape index (κ3) is 12.7. The van der Waals surface area contributed by atoms with Gasteiger partial charge in [-0.2, -0.15) is 0 Å². The molecule has 1 unspecified atom stereocenters. The number of hydrogen-bond acceptors (Lipinski definition) is 2. The van der Waals surface area contributed by atoms with Crippen LogP contribution >= 0.6 is 22.6 Å². The van der Waals surface area contributed by atoms with Gasteiger partial charge in [-0.15, -0.1) is 0 Å². The van der Waals surface area contributed by atoms with Crippen molar-refractivity contribution >= 4 is 28.6 Å². The summed E-state index contributed by atoms with van der Waals surface area (Å²) in [4.78, 5) is 11.3. The second-order valence-electron chi connectivity index (χ2n) is 5.21. The van der Waals surface area contributed by atoms with Crippen LogP contribution in [-0.4, -0.2) is 10.1 Å². The fraction of sp³-hybridized carbons (Fsp3) is 0.812. The van der Waals surface area contributed by atoms with E-state index in [0.717, 1.165) is 12.8 Å². The minimum atomic E-state index is -0.268. The summed E-state index contributed by atoms with van der Waals surface area (Å²) in [5.74, 6) is -0.268. The van der Waals surface area contributed by atoms with Crippen LogP contribution in [0.4, 0.5) is 0 Å². The summed E-state index contributed by atoms with van der Waals surface area (Å²) in [6.07, 6.45) is 12.9. The van der Waals surface area contributed by atoms with E-state index in [1.165, 1.54) is 51.4 Å². The van der Waals surface area contributed by atoms with E-state index < -0.39 is 0 Å². The summed E-state index contributed by atoms with van der Waals surface area (Å²) in [6.45, 7) is 7.52. The Bertz CT molecular complexity index is 251. The van der Waals surface area contributed by atoms with E-state index in [9.17, 15) is 4.79 Å². The number of ether oxygens (including phenoxy) is 1. The van der Waals surface area contributed by atoms with Crippen molar-refractivity contribution in [1.29, 1.82) is 0 Å². The van der Waals surface area contributed by atoms with Gasteiger partial charge in [-0.3, -0.25) is 0 Å². The molecule has 1 atom stereocenters. The average molecular weight is 380 g/mol. The average Bonchev–Trinajstić information content (AvgIpc) is 2.36. The first-order valence-corrected chi connectivity index (χ1v) is 8.83. The van der Waals surface area contributed by atoms with E-state index in [1.54, 1.807) is 6.92 Å². The monoisotopic (exact) mass is 380 g/mol. The third-order valence-corrected chi connectivity index (χ3v) is 4.00. The van der Waals surface area contributed by atoms with Crippen molar-refractivity contribution < 1.29 is 9.53 Å². The second kappa shape index (κ2) is 12.9. The molecule has 0 bridgehead atoms. The molecule has 3 heteroatoms. The van der Waals surface area contributed by atoms with Gasteiger partial charge in [0, 0.05) is 5.57 Å². The SMILES string of the molecule is C=C(C)C(=O)OC(I)CCCCCCCCCCC. The molecule has 112 valence electrons. The van der Waals surface area contributed by atoms with Crippen molar-refractivity contribution in [1.82, 2.24) is 0 Å². The molecule has 0 saturated heterocycles. The Morgan fingerprint density at radius 3 is 2.00 bits per heavy atom. The van der Waals surface area contributed by atoms with Crippen LogP contribution in [0.25, 0.3) is 0 Å². The molecule has 0 rings (SSSR count). The zero-order valence-electron chi connectivity index (χ0n) is 12.5. The van der Waals surface area contributed by atoms with Gasteiger partial charge in [-0.05, 0) is 42.4 Å². The Hall–Kier alpha value is -0.0600. The predicted molar refractivity (Wildman–Crippen MR) is 90.6 cm³/mol. The zero-order valence-corrected chi connectivity index (χ0v) is 14.7. The van der Waals surface area contributed by atoms with Crippen molar-refractivity contribution in [3.63, 3.8) is 0 Å². The number of unbranched alkanes of at least 4 members (excludes halogenated alkanes) is 8. The highest BCUT2D eigenvalue weighted by molar-refractivity contribution is 14.1. The molecule has 0 saturated carbocycles. The van der Waals surface area contributed by atoms with E-state index >= 15 is 0 Å². The molecule has 2 nitrogen and oxygen atoms in total. The number of rotatable bonds is 12. The highest BCUT2D eigenvalue weighted by Gasteiger charge is 2.10. The molecule has 0 aliphatic rings. The van der Waals surface area contributed by atoms with Crippen LogP contribution in [0.3, 0.4) is 0 Å². The number of alkyl halides is 1. The normalized spacial score (nSPS) is 12.2. The zero-order chi connectivity index (χ0) is 14.5. The lowest BCUT2D eigenvalue weighted by Crippen LogP contribution is -2.12. The van der Waals surface area contributed by atoms with Gasteiger partial charge in [0.15, 0.2) is 4.11 Å². The first-order valence-electron chi connectivity index (χ1n) is 7.58. The summed E-state index contributed by atoms with van der Waals surface area (Å²) in [5.41, 5.74) is 0.480. The number of halogens is 1. The highest BCUT2D eigenvalue weighted by atomic mass is 127. The molecule has 19 heavy (non-hydrogen) atoms. The van der Waals surface area contributed by atoms with Gasteiger partial charge in [-0.25, -0.2) is 4.79 Å². The largest absolute Gasteiger partial charge is 0.448 e. The molecule has 0 aromatic heterocycles. The van der Waals surface area contributed by atoms with Crippen molar-refractivity contribution in [3.05, 3.63) is 12.2 Å². The first kappa shape index (κ1) is 18.9. The number of carbonyl (C=O) groups is 1. The van der Waals surface area contributed by atoms with Crippen molar-refractivity contribution in [2.45, 2.75) is 82.2 Å². The Kier molecular flexibility index (Phi) is 12.9. The van der Waals surface area contributed by atoms with Crippen LogP contribution in [-0.2, 0) is 9.53 Å². The van der Waals surface area contributed by atoms with Crippen molar-refractivity contribution in [2.75, 3.05) is 0 Å². The maximum atomic E-state index is 11.3. The quantitative estimate of drug-likeness (QED) is 0.141. The molecule has 0 aromatic rings. The molecular formula is C16H29IO2. The molecule has 0 fully saturated rings. The molecule has 0 radical (unpaired) electrons. The molecule has 0 heterocycles. The topological polar surface area (TPSA) is 26.3 Å². The van der Waals surface area contributed by atoms with Gasteiger partial charge in [0.2, 0.25) is 0 Å². The lowest BCUT2D eigenvalue weighted by atomic mass is 10.1. The molecule has 0 aliphatic carbocycles. The highest BCUT2D eigenvalue weighted by Crippen LogP contribution is 2.16. The van der Waals surface area contributed by atoms with Crippen LogP contribution in [0.1, 0.15) is 78.1 Å². The van der Waals surface area contributed by atoms with Crippen LogP contribution < -0.4 is 0 Å². The fourth-order valence-electron chi connectivity index (χ4n) is 1.89. The molecular weight excluding hydrogens is 351 g/mol.